The number of hydrogen-bond donors (Lipinski definition) is 2. The van der Waals surface area contributed by atoms with Crippen LogP contribution in [-0.2, 0) is 4.79 Å². The Hall–Kier alpha value is -1.47. The van der Waals surface area contributed by atoms with Crippen LogP contribution in [0.3, 0.4) is 0 Å². The third-order valence-corrected chi connectivity index (χ3v) is 2.23. The summed E-state index contributed by atoms with van der Waals surface area (Å²) in [6, 6.07) is 2.92. The number of aliphatic hydroxyl groups excluding tert-OH is 1. The second-order valence-electron chi connectivity index (χ2n) is 3.34. The van der Waals surface area contributed by atoms with Crippen LogP contribution in [0.25, 0.3) is 0 Å². The molecule has 0 aliphatic carbocycles. The number of carbonyl (C=O) groups is 1. The fourth-order valence-electron chi connectivity index (χ4n) is 1.30. The lowest BCUT2D eigenvalue weighted by Crippen LogP contribution is -2.18. The number of ether oxygens (including phenoxy) is 1. The number of hydrogen-bond acceptors (Lipinski definition) is 3. The smallest absolute Gasteiger partial charge is 0.481 e. The van der Waals surface area contributed by atoms with Crippen molar-refractivity contribution < 1.29 is 32.9 Å². The van der Waals surface area contributed by atoms with E-state index in [9.17, 15) is 18.0 Å². The summed E-state index contributed by atoms with van der Waals surface area (Å²) in [6.45, 7) is -0.763. The van der Waals surface area contributed by atoms with E-state index in [1.807, 2.05) is 0 Å². The molecule has 1 unspecified atom stereocenters. The third kappa shape index (κ3) is 4.08. The highest BCUT2D eigenvalue weighted by atomic mass is 35.5. The summed E-state index contributed by atoms with van der Waals surface area (Å²) in [4.78, 5) is 10.8. The van der Waals surface area contributed by atoms with Gasteiger partial charge in [0.2, 0.25) is 0 Å². The van der Waals surface area contributed by atoms with E-state index >= 15 is 0 Å². The third-order valence-electron chi connectivity index (χ3n) is 2.01. The molecule has 0 amide bonds. The van der Waals surface area contributed by atoms with Crippen molar-refractivity contribution in [1.29, 1.82) is 0 Å². The van der Waals surface area contributed by atoms with Gasteiger partial charge in [0, 0.05) is 5.02 Å². The lowest BCUT2D eigenvalue weighted by Gasteiger charge is -2.13. The fourth-order valence-corrected chi connectivity index (χ4v) is 1.54. The van der Waals surface area contributed by atoms with Crippen molar-refractivity contribution in [2.75, 3.05) is 6.61 Å². The van der Waals surface area contributed by atoms with Gasteiger partial charge in [-0.3, -0.25) is 4.79 Å². The molecule has 2 N–H and O–H groups in total. The highest BCUT2D eigenvalue weighted by Gasteiger charge is 2.32. The molecule has 0 aliphatic rings. The van der Waals surface area contributed by atoms with Crippen molar-refractivity contribution in [3.05, 3.63) is 28.8 Å². The predicted molar refractivity (Wildman–Crippen MR) is 55.6 cm³/mol. The van der Waals surface area contributed by atoms with E-state index < -0.39 is 30.6 Å². The number of benzene rings is 1. The van der Waals surface area contributed by atoms with Gasteiger partial charge in [0.05, 0.1) is 6.61 Å². The van der Waals surface area contributed by atoms with Gasteiger partial charge in [-0.25, -0.2) is 0 Å². The summed E-state index contributed by atoms with van der Waals surface area (Å²) in [7, 11) is 0. The summed E-state index contributed by atoms with van der Waals surface area (Å²) in [5.74, 6) is -3.37. The molecule has 1 aromatic carbocycles. The number of halogens is 4. The molecule has 1 aromatic rings. The first kappa shape index (κ1) is 14.6. The van der Waals surface area contributed by atoms with Crippen LogP contribution in [0.5, 0.6) is 5.75 Å². The van der Waals surface area contributed by atoms with Gasteiger partial charge >= 0.3 is 12.3 Å². The van der Waals surface area contributed by atoms with Crippen LogP contribution in [0, 0.1) is 0 Å². The van der Waals surface area contributed by atoms with E-state index in [4.69, 9.17) is 21.8 Å². The highest BCUT2D eigenvalue weighted by Crippen LogP contribution is 2.30. The molecule has 18 heavy (non-hydrogen) atoms. The van der Waals surface area contributed by atoms with Crippen molar-refractivity contribution in [3.8, 4) is 5.75 Å². The molecule has 100 valence electrons. The molecule has 0 radical (unpaired) electrons. The summed E-state index contributed by atoms with van der Waals surface area (Å²) >= 11 is 5.56. The topological polar surface area (TPSA) is 66.8 Å². The predicted octanol–water partition coefficient (Wildman–Crippen LogP) is 2.40. The number of rotatable bonds is 4. The van der Waals surface area contributed by atoms with E-state index in [0.717, 1.165) is 18.2 Å². The molecule has 0 fully saturated rings. The van der Waals surface area contributed by atoms with E-state index in [-0.39, 0.29) is 10.6 Å². The lowest BCUT2D eigenvalue weighted by molar-refractivity contribution is -0.274. The summed E-state index contributed by atoms with van der Waals surface area (Å²) in [5, 5.41) is 17.5. The van der Waals surface area contributed by atoms with Gasteiger partial charge in [0.1, 0.15) is 11.7 Å². The van der Waals surface area contributed by atoms with Crippen LogP contribution in [0.4, 0.5) is 13.2 Å². The van der Waals surface area contributed by atoms with Crippen molar-refractivity contribution >= 4 is 17.6 Å². The second kappa shape index (κ2) is 5.45. The van der Waals surface area contributed by atoms with Crippen LogP contribution in [0.2, 0.25) is 5.02 Å². The molecule has 0 aromatic heterocycles. The Labute approximate surface area is 105 Å². The van der Waals surface area contributed by atoms with Gasteiger partial charge in [0.15, 0.2) is 0 Å². The minimum absolute atomic E-state index is 0.0725. The largest absolute Gasteiger partial charge is 0.573 e. The molecular formula is C10H8ClF3O4. The molecule has 0 bridgehead atoms. The Morgan fingerprint density at radius 1 is 1.39 bits per heavy atom. The monoisotopic (exact) mass is 284 g/mol. The first-order valence-corrected chi connectivity index (χ1v) is 5.00. The maximum Gasteiger partial charge on any atom is 0.573 e. The van der Waals surface area contributed by atoms with E-state index in [0.29, 0.717) is 0 Å². The summed E-state index contributed by atoms with van der Waals surface area (Å²) in [5.41, 5.74) is -0.0725. The molecule has 0 saturated heterocycles. The first-order valence-electron chi connectivity index (χ1n) is 4.63. The standard InChI is InChI=1S/C10H8ClF3O4/c11-6-1-5(8(4-15)9(16)17)2-7(3-6)18-10(12,13)14/h1-3,8,15H,4H2,(H,16,17). The van der Waals surface area contributed by atoms with Crippen LogP contribution in [0.1, 0.15) is 11.5 Å². The van der Waals surface area contributed by atoms with Crippen molar-refractivity contribution in [2.24, 2.45) is 0 Å². The van der Waals surface area contributed by atoms with Crippen LogP contribution >= 0.6 is 11.6 Å². The molecule has 1 atom stereocenters. The SMILES string of the molecule is O=C(O)C(CO)c1cc(Cl)cc(OC(F)(F)F)c1. The molecule has 0 saturated carbocycles. The summed E-state index contributed by atoms with van der Waals surface area (Å²) < 4.78 is 39.7. The minimum Gasteiger partial charge on any atom is -0.481 e. The molecule has 8 heteroatoms. The number of alkyl halides is 3. The molecule has 4 nitrogen and oxygen atoms in total. The average Bonchev–Trinajstić information content (AvgIpc) is 2.13. The Bertz CT molecular complexity index is 447. The first-order chi connectivity index (χ1) is 8.23. The molecule has 0 spiro atoms. The van der Waals surface area contributed by atoms with E-state index in [1.54, 1.807) is 0 Å². The highest BCUT2D eigenvalue weighted by molar-refractivity contribution is 6.30. The van der Waals surface area contributed by atoms with Gasteiger partial charge in [0.25, 0.3) is 0 Å². The van der Waals surface area contributed by atoms with Crippen LogP contribution in [0.15, 0.2) is 18.2 Å². The molecule has 1 rings (SSSR count). The maximum absolute atomic E-state index is 12.0. The second-order valence-corrected chi connectivity index (χ2v) is 3.78. The molecule has 0 heterocycles. The zero-order chi connectivity index (χ0) is 13.9. The number of carboxylic acids is 1. The average molecular weight is 285 g/mol. The van der Waals surface area contributed by atoms with Crippen molar-refractivity contribution in [2.45, 2.75) is 12.3 Å². The fraction of sp³-hybridized carbons (Fsp3) is 0.300. The van der Waals surface area contributed by atoms with Gasteiger partial charge in [-0.05, 0) is 23.8 Å². The van der Waals surface area contributed by atoms with Gasteiger partial charge in [-0.15, -0.1) is 13.2 Å². The number of aliphatic carboxylic acids is 1. The quantitative estimate of drug-likeness (QED) is 0.891. The molecular weight excluding hydrogens is 277 g/mol. The number of aliphatic hydroxyl groups is 1. The Morgan fingerprint density at radius 3 is 2.44 bits per heavy atom. The normalized spacial score (nSPS) is 13.2. The minimum atomic E-state index is -4.90. The van der Waals surface area contributed by atoms with E-state index in [2.05, 4.69) is 4.74 Å². The number of carboxylic acid groups (broad SMARTS) is 1. The van der Waals surface area contributed by atoms with Gasteiger partial charge in [-0.2, -0.15) is 0 Å². The molecule has 0 aliphatic heterocycles. The van der Waals surface area contributed by atoms with Crippen molar-refractivity contribution in [3.63, 3.8) is 0 Å². The Morgan fingerprint density at radius 2 is 2.00 bits per heavy atom. The van der Waals surface area contributed by atoms with Gasteiger partial charge < -0.3 is 14.9 Å². The van der Waals surface area contributed by atoms with Gasteiger partial charge in [-0.1, -0.05) is 11.6 Å². The lowest BCUT2D eigenvalue weighted by atomic mass is 10.00. The summed E-state index contributed by atoms with van der Waals surface area (Å²) in [6.07, 6.45) is -4.90. The zero-order valence-corrected chi connectivity index (χ0v) is 9.50. The zero-order valence-electron chi connectivity index (χ0n) is 8.74. The van der Waals surface area contributed by atoms with Crippen LogP contribution < -0.4 is 4.74 Å². The Balaban J connectivity index is 3.11. The Kier molecular flexibility index (Phi) is 4.42. The van der Waals surface area contributed by atoms with E-state index in [1.165, 1.54) is 0 Å². The maximum atomic E-state index is 12.0. The van der Waals surface area contributed by atoms with Crippen molar-refractivity contribution in [1.82, 2.24) is 0 Å². The van der Waals surface area contributed by atoms with Crippen LogP contribution in [-0.4, -0.2) is 29.2 Å².